The Balaban J connectivity index is 2.34. The third-order valence-corrected chi connectivity index (χ3v) is 3.23. The Morgan fingerprint density at radius 1 is 1.36 bits per heavy atom. The number of hydrogen-bond donors (Lipinski definition) is 2. The monoisotopic (exact) mass is 319 g/mol. The van der Waals surface area contributed by atoms with E-state index in [0.717, 1.165) is 11.6 Å². The summed E-state index contributed by atoms with van der Waals surface area (Å²) in [6.45, 7) is 3.50. The van der Waals surface area contributed by atoms with E-state index in [1.165, 1.54) is 18.3 Å². The van der Waals surface area contributed by atoms with Gasteiger partial charge >= 0.3 is 5.97 Å². The first-order valence-corrected chi connectivity index (χ1v) is 6.79. The highest BCUT2D eigenvalue weighted by atomic mass is 35.5. The molecular formula is C16H14ClNO4. The number of nitrogens with zero attached hydrogens (tertiary/aromatic N) is 1. The third-order valence-electron chi connectivity index (χ3n) is 2.95. The van der Waals surface area contributed by atoms with Crippen molar-refractivity contribution in [2.24, 2.45) is 0 Å². The van der Waals surface area contributed by atoms with Gasteiger partial charge in [-0.25, -0.2) is 9.78 Å². The number of halogens is 1. The number of carboxylic acids is 1. The quantitative estimate of drug-likeness (QED) is 0.832. The average Bonchev–Trinajstić information content (AvgIpc) is 2.44. The molecule has 0 saturated heterocycles. The largest absolute Gasteiger partial charge is 0.506 e. The molecule has 1 heterocycles. The Morgan fingerprint density at radius 2 is 2.09 bits per heavy atom. The van der Waals surface area contributed by atoms with Gasteiger partial charge in [-0.05, 0) is 48.7 Å². The van der Waals surface area contributed by atoms with Gasteiger partial charge in [-0.1, -0.05) is 11.6 Å². The van der Waals surface area contributed by atoms with Crippen molar-refractivity contribution >= 4 is 23.1 Å². The number of hydrogen-bond acceptors (Lipinski definition) is 4. The van der Waals surface area contributed by atoms with Gasteiger partial charge in [0.25, 0.3) is 0 Å². The minimum atomic E-state index is -1.01. The van der Waals surface area contributed by atoms with Crippen molar-refractivity contribution in [3.8, 4) is 17.4 Å². The maximum atomic E-state index is 10.7. The first-order chi connectivity index (χ1) is 10.4. The predicted molar refractivity (Wildman–Crippen MR) is 83.5 cm³/mol. The Bertz CT molecular complexity index is 715. The van der Waals surface area contributed by atoms with Gasteiger partial charge in [0.15, 0.2) is 5.75 Å². The standard InChI is InChI=1S/C16H14ClNO4/c1-9(6-15(20)21)11-5-10(2)16(13(17)7-11)22-14-4-3-12(19)8-18-14/h3-8,19H,1-2H3,(H,20,21)/b9-6-. The number of allylic oxidation sites excluding steroid dienone is 1. The van der Waals surface area contributed by atoms with E-state index < -0.39 is 5.97 Å². The summed E-state index contributed by atoms with van der Waals surface area (Å²) < 4.78 is 5.62. The lowest BCUT2D eigenvalue weighted by atomic mass is 10.0. The van der Waals surface area contributed by atoms with Gasteiger partial charge in [-0.2, -0.15) is 0 Å². The molecule has 0 saturated carbocycles. The molecular weight excluding hydrogens is 306 g/mol. The van der Waals surface area contributed by atoms with E-state index in [4.69, 9.17) is 21.4 Å². The highest BCUT2D eigenvalue weighted by Gasteiger charge is 2.11. The number of ether oxygens (including phenoxy) is 1. The molecule has 0 unspecified atom stereocenters. The van der Waals surface area contributed by atoms with E-state index >= 15 is 0 Å². The van der Waals surface area contributed by atoms with Crippen LogP contribution in [0.2, 0.25) is 5.02 Å². The summed E-state index contributed by atoms with van der Waals surface area (Å²) in [5.74, 6) is -0.236. The topological polar surface area (TPSA) is 79.7 Å². The van der Waals surface area contributed by atoms with E-state index in [2.05, 4.69) is 4.98 Å². The summed E-state index contributed by atoms with van der Waals surface area (Å²) in [7, 11) is 0. The molecule has 1 aromatic heterocycles. The second kappa shape index (κ2) is 6.49. The fraction of sp³-hybridized carbons (Fsp3) is 0.125. The summed E-state index contributed by atoms with van der Waals surface area (Å²) in [6.07, 6.45) is 2.39. The summed E-state index contributed by atoms with van der Waals surface area (Å²) in [4.78, 5) is 14.7. The number of benzene rings is 1. The molecule has 22 heavy (non-hydrogen) atoms. The van der Waals surface area contributed by atoms with Crippen molar-refractivity contribution < 1.29 is 19.7 Å². The van der Waals surface area contributed by atoms with Crippen molar-refractivity contribution in [3.05, 3.63) is 52.7 Å². The fourth-order valence-electron chi connectivity index (χ4n) is 1.89. The van der Waals surface area contributed by atoms with E-state index in [9.17, 15) is 9.90 Å². The Hall–Kier alpha value is -2.53. The number of aryl methyl sites for hydroxylation is 1. The van der Waals surface area contributed by atoms with Gasteiger partial charge in [-0.3, -0.25) is 0 Å². The Labute approximate surface area is 132 Å². The minimum absolute atomic E-state index is 0.0416. The molecule has 0 fully saturated rings. The molecule has 2 N–H and O–H groups in total. The third kappa shape index (κ3) is 3.77. The van der Waals surface area contributed by atoms with Gasteiger partial charge in [0.2, 0.25) is 5.88 Å². The number of carbonyl (C=O) groups is 1. The normalized spacial score (nSPS) is 11.3. The van der Waals surface area contributed by atoms with Gasteiger partial charge < -0.3 is 14.9 Å². The maximum Gasteiger partial charge on any atom is 0.328 e. The van der Waals surface area contributed by atoms with E-state index in [-0.39, 0.29) is 5.75 Å². The lowest BCUT2D eigenvalue weighted by Gasteiger charge is -2.12. The molecule has 0 spiro atoms. The zero-order valence-electron chi connectivity index (χ0n) is 12.0. The van der Waals surface area contributed by atoms with Crippen molar-refractivity contribution in [1.29, 1.82) is 0 Å². The maximum absolute atomic E-state index is 10.7. The van der Waals surface area contributed by atoms with Crippen LogP contribution >= 0.6 is 11.6 Å². The highest BCUT2D eigenvalue weighted by molar-refractivity contribution is 6.32. The van der Waals surface area contributed by atoms with Crippen LogP contribution in [-0.4, -0.2) is 21.2 Å². The molecule has 6 heteroatoms. The molecule has 2 rings (SSSR count). The van der Waals surface area contributed by atoms with E-state index in [1.807, 2.05) is 0 Å². The molecule has 0 aliphatic carbocycles. The SMILES string of the molecule is C/C(=C/C(=O)O)c1cc(C)c(Oc2ccc(O)cn2)c(Cl)c1. The van der Waals surface area contributed by atoms with Crippen LogP contribution in [0.1, 0.15) is 18.1 Å². The molecule has 0 radical (unpaired) electrons. The number of aliphatic carboxylic acids is 1. The van der Waals surface area contributed by atoms with Crippen LogP contribution < -0.4 is 4.74 Å². The molecule has 0 bridgehead atoms. The Morgan fingerprint density at radius 3 is 2.64 bits per heavy atom. The van der Waals surface area contributed by atoms with Crippen molar-refractivity contribution in [2.75, 3.05) is 0 Å². The van der Waals surface area contributed by atoms with Crippen LogP contribution in [0.5, 0.6) is 17.4 Å². The molecule has 1 aromatic carbocycles. The lowest BCUT2D eigenvalue weighted by Crippen LogP contribution is -1.94. The van der Waals surface area contributed by atoms with Crippen molar-refractivity contribution in [2.45, 2.75) is 13.8 Å². The zero-order chi connectivity index (χ0) is 16.3. The average molecular weight is 320 g/mol. The number of pyridine rings is 1. The number of aromatic hydroxyl groups is 1. The highest BCUT2D eigenvalue weighted by Crippen LogP contribution is 2.35. The van der Waals surface area contributed by atoms with Crippen molar-refractivity contribution in [3.63, 3.8) is 0 Å². The van der Waals surface area contributed by atoms with Gasteiger partial charge in [0, 0.05) is 12.1 Å². The van der Waals surface area contributed by atoms with Crippen LogP contribution in [0.4, 0.5) is 0 Å². The minimum Gasteiger partial charge on any atom is -0.506 e. The second-order valence-corrected chi connectivity index (χ2v) is 5.13. The molecule has 0 atom stereocenters. The van der Waals surface area contributed by atoms with E-state index in [0.29, 0.717) is 27.8 Å². The van der Waals surface area contributed by atoms with Crippen LogP contribution in [0.15, 0.2) is 36.5 Å². The predicted octanol–water partition coefficient (Wildman–Crippen LogP) is 4.03. The summed E-state index contributed by atoms with van der Waals surface area (Å²) >= 11 is 6.22. The lowest BCUT2D eigenvalue weighted by molar-refractivity contribution is -0.131. The first kappa shape index (κ1) is 15.9. The molecule has 0 amide bonds. The van der Waals surface area contributed by atoms with Gasteiger partial charge in [0.05, 0.1) is 11.2 Å². The van der Waals surface area contributed by atoms with Gasteiger partial charge in [-0.15, -0.1) is 0 Å². The van der Waals surface area contributed by atoms with Gasteiger partial charge in [0.1, 0.15) is 5.75 Å². The number of aromatic nitrogens is 1. The zero-order valence-corrected chi connectivity index (χ0v) is 12.8. The van der Waals surface area contributed by atoms with Crippen LogP contribution in [0.3, 0.4) is 0 Å². The fourth-order valence-corrected chi connectivity index (χ4v) is 2.20. The molecule has 114 valence electrons. The number of carboxylic acid groups (broad SMARTS) is 1. The molecule has 0 aliphatic rings. The van der Waals surface area contributed by atoms with E-state index in [1.54, 1.807) is 26.0 Å². The smallest absolute Gasteiger partial charge is 0.328 e. The first-order valence-electron chi connectivity index (χ1n) is 6.41. The summed E-state index contributed by atoms with van der Waals surface area (Å²) in [6, 6.07) is 6.41. The molecule has 2 aromatic rings. The molecule has 0 aliphatic heterocycles. The summed E-state index contributed by atoms with van der Waals surface area (Å²) in [5, 5.41) is 18.3. The summed E-state index contributed by atoms with van der Waals surface area (Å²) in [5.41, 5.74) is 2.04. The number of rotatable bonds is 4. The van der Waals surface area contributed by atoms with Crippen LogP contribution in [0, 0.1) is 6.92 Å². The molecule has 5 nitrogen and oxygen atoms in total. The van der Waals surface area contributed by atoms with Crippen molar-refractivity contribution in [1.82, 2.24) is 4.98 Å². The second-order valence-electron chi connectivity index (χ2n) is 4.73. The van der Waals surface area contributed by atoms with Crippen LogP contribution in [-0.2, 0) is 4.79 Å². The Kier molecular flexibility index (Phi) is 4.68. The van der Waals surface area contributed by atoms with Crippen LogP contribution in [0.25, 0.3) is 5.57 Å².